The van der Waals surface area contributed by atoms with Gasteiger partial charge in [-0.1, -0.05) is 11.6 Å². The standard InChI is InChI=1S/C16H13ClN2O2/c1-11-4-7-15(21-11)16(20)18-13-6-5-12(17)10-14(13)19-8-2-3-9-19/h2-10H,1H3,(H,18,20). The van der Waals surface area contributed by atoms with E-state index >= 15 is 0 Å². The van der Waals surface area contributed by atoms with Crippen LogP contribution in [0.4, 0.5) is 5.69 Å². The van der Waals surface area contributed by atoms with Crippen molar-refractivity contribution in [3.63, 3.8) is 0 Å². The Kier molecular flexibility index (Phi) is 3.54. The van der Waals surface area contributed by atoms with Crippen molar-refractivity contribution in [1.82, 2.24) is 4.57 Å². The van der Waals surface area contributed by atoms with Crippen LogP contribution in [0.15, 0.2) is 59.3 Å². The van der Waals surface area contributed by atoms with Gasteiger partial charge in [0, 0.05) is 17.4 Å². The van der Waals surface area contributed by atoms with E-state index in [4.69, 9.17) is 16.0 Å². The summed E-state index contributed by atoms with van der Waals surface area (Å²) >= 11 is 6.05. The number of anilines is 1. The number of aryl methyl sites for hydroxylation is 1. The molecule has 3 aromatic rings. The van der Waals surface area contributed by atoms with E-state index in [2.05, 4.69) is 5.32 Å². The van der Waals surface area contributed by atoms with Crippen molar-refractivity contribution in [1.29, 1.82) is 0 Å². The molecule has 1 N–H and O–H groups in total. The Morgan fingerprint density at radius 1 is 1.19 bits per heavy atom. The first-order chi connectivity index (χ1) is 10.1. The molecule has 1 aromatic carbocycles. The van der Waals surface area contributed by atoms with Crippen LogP contribution in [-0.2, 0) is 0 Å². The van der Waals surface area contributed by atoms with Crippen LogP contribution in [0.2, 0.25) is 5.02 Å². The summed E-state index contributed by atoms with van der Waals surface area (Å²) < 4.78 is 7.21. The number of halogens is 1. The van der Waals surface area contributed by atoms with Gasteiger partial charge in [0.15, 0.2) is 5.76 Å². The molecule has 0 spiro atoms. The Balaban J connectivity index is 1.94. The maximum absolute atomic E-state index is 12.2. The Hall–Kier alpha value is -2.46. The molecule has 0 bridgehead atoms. The number of benzene rings is 1. The van der Waals surface area contributed by atoms with Crippen molar-refractivity contribution in [2.24, 2.45) is 0 Å². The molecule has 0 fully saturated rings. The van der Waals surface area contributed by atoms with Crippen molar-refractivity contribution >= 4 is 23.2 Å². The molecule has 0 atom stereocenters. The smallest absolute Gasteiger partial charge is 0.291 e. The highest BCUT2D eigenvalue weighted by Gasteiger charge is 2.13. The first-order valence-electron chi connectivity index (χ1n) is 6.44. The van der Waals surface area contributed by atoms with Crippen LogP contribution in [0.3, 0.4) is 0 Å². The number of hydrogen-bond donors (Lipinski definition) is 1. The summed E-state index contributed by atoms with van der Waals surface area (Å²) in [6.45, 7) is 1.80. The molecular formula is C16H13ClN2O2. The van der Waals surface area contributed by atoms with Gasteiger partial charge in [0.2, 0.25) is 0 Å². The molecule has 106 valence electrons. The summed E-state index contributed by atoms with van der Waals surface area (Å²) in [5, 5.41) is 3.45. The monoisotopic (exact) mass is 300 g/mol. The van der Waals surface area contributed by atoms with E-state index < -0.39 is 0 Å². The molecule has 1 amide bonds. The van der Waals surface area contributed by atoms with Crippen LogP contribution < -0.4 is 5.32 Å². The molecule has 4 nitrogen and oxygen atoms in total. The van der Waals surface area contributed by atoms with Gasteiger partial charge in [-0.05, 0) is 49.4 Å². The Morgan fingerprint density at radius 3 is 2.62 bits per heavy atom. The maximum atomic E-state index is 12.2. The topological polar surface area (TPSA) is 47.2 Å². The van der Waals surface area contributed by atoms with Gasteiger partial charge in [0.05, 0.1) is 11.4 Å². The van der Waals surface area contributed by atoms with Crippen molar-refractivity contribution in [2.75, 3.05) is 5.32 Å². The number of nitrogens with one attached hydrogen (secondary N) is 1. The van der Waals surface area contributed by atoms with Gasteiger partial charge in [-0.25, -0.2) is 0 Å². The van der Waals surface area contributed by atoms with Crippen LogP contribution >= 0.6 is 11.6 Å². The minimum Gasteiger partial charge on any atom is -0.456 e. The molecule has 0 aliphatic rings. The zero-order valence-electron chi connectivity index (χ0n) is 11.3. The van der Waals surface area contributed by atoms with Gasteiger partial charge in [-0.3, -0.25) is 4.79 Å². The van der Waals surface area contributed by atoms with Gasteiger partial charge in [-0.15, -0.1) is 0 Å². The van der Waals surface area contributed by atoms with Crippen molar-refractivity contribution in [3.8, 4) is 5.69 Å². The van der Waals surface area contributed by atoms with E-state index in [0.717, 1.165) is 5.69 Å². The zero-order chi connectivity index (χ0) is 14.8. The second-order valence-corrected chi connectivity index (χ2v) is 5.05. The molecule has 0 aliphatic carbocycles. The lowest BCUT2D eigenvalue weighted by Gasteiger charge is -2.12. The van der Waals surface area contributed by atoms with Gasteiger partial charge >= 0.3 is 0 Å². The van der Waals surface area contributed by atoms with Gasteiger partial charge < -0.3 is 14.3 Å². The lowest BCUT2D eigenvalue weighted by Crippen LogP contribution is -2.12. The summed E-state index contributed by atoms with van der Waals surface area (Å²) in [7, 11) is 0. The molecular weight excluding hydrogens is 288 g/mol. The SMILES string of the molecule is Cc1ccc(C(=O)Nc2ccc(Cl)cc2-n2cccc2)o1. The Labute approximate surface area is 127 Å². The number of carbonyl (C=O) groups excluding carboxylic acids is 1. The van der Waals surface area contributed by atoms with Crippen LogP contribution in [-0.4, -0.2) is 10.5 Å². The van der Waals surface area contributed by atoms with Crippen LogP contribution in [0, 0.1) is 6.92 Å². The molecule has 0 aliphatic heterocycles. The summed E-state index contributed by atoms with van der Waals surface area (Å²) in [4.78, 5) is 12.2. The first kappa shape index (κ1) is 13.5. The quantitative estimate of drug-likeness (QED) is 0.784. The lowest BCUT2D eigenvalue weighted by atomic mass is 10.2. The number of rotatable bonds is 3. The normalized spacial score (nSPS) is 10.6. The number of aromatic nitrogens is 1. The number of hydrogen-bond acceptors (Lipinski definition) is 2. The number of carbonyl (C=O) groups is 1. The highest BCUT2D eigenvalue weighted by Crippen LogP contribution is 2.25. The van der Waals surface area contributed by atoms with Crippen molar-refractivity contribution in [2.45, 2.75) is 6.92 Å². The molecule has 0 saturated heterocycles. The number of amides is 1. The summed E-state index contributed by atoms with van der Waals surface area (Å²) in [5.41, 5.74) is 1.46. The predicted molar refractivity (Wildman–Crippen MR) is 82.2 cm³/mol. The molecule has 21 heavy (non-hydrogen) atoms. The minimum absolute atomic E-state index is 0.279. The summed E-state index contributed by atoms with van der Waals surface area (Å²) in [6, 6.07) is 12.5. The fourth-order valence-electron chi connectivity index (χ4n) is 2.06. The molecule has 5 heteroatoms. The van der Waals surface area contributed by atoms with Crippen LogP contribution in [0.25, 0.3) is 5.69 Å². The third-order valence-corrected chi connectivity index (χ3v) is 3.29. The number of nitrogens with zero attached hydrogens (tertiary/aromatic N) is 1. The van der Waals surface area contributed by atoms with Crippen molar-refractivity contribution < 1.29 is 9.21 Å². The second kappa shape index (κ2) is 5.50. The minimum atomic E-state index is -0.293. The Morgan fingerprint density at radius 2 is 1.95 bits per heavy atom. The summed E-state index contributed by atoms with van der Waals surface area (Å²) in [6.07, 6.45) is 3.77. The van der Waals surface area contributed by atoms with E-state index in [-0.39, 0.29) is 11.7 Å². The second-order valence-electron chi connectivity index (χ2n) is 4.62. The number of furan rings is 1. The highest BCUT2D eigenvalue weighted by molar-refractivity contribution is 6.31. The largest absolute Gasteiger partial charge is 0.456 e. The van der Waals surface area contributed by atoms with E-state index in [1.807, 2.05) is 29.1 Å². The lowest BCUT2D eigenvalue weighted by molar-refractivity contribution is 0.0995. The Bertz CT molecular complexity index is 775. The van der Waals surface area contributed by atoms with E-state index in [0.29, 0.717) is 16.5 Å². The molecule has 2 heterocycles. The zero-order valence-corrected chi connectivity index (χ0v) is 12.1. The van der Waals surface area contributed by atoms with E-state index in [1.54, 1.807) is 37.3 Å². The molecule has 0 saturated carbocycles. The average Bonchev–Trinajstić information content (AvgIpc) is 3.11. The van der Waals surface area contributed by atoms with E-state index in [1.165, 1.54) is 0 Å². The molecule has 0 radical (unpaired) electrons. The molecule has 2 aromatic heterocycles. The maximum Gasteiger partial charge on any atom is 0.291 e. The molecule has 0 unspecified atom stereocenters. The third kappa shape index (κ3) is 2.85. The average molecular weight is 301 g/mol. The fraction of sp³-hybridized carbons (Fsp3) is 0.0625. The first-order valence-corrected chi connectivity index (χ1v) is 6.82. The van der Waals surface area contributed by atoms with Gasteiger partial charge in [0.25, 0.3) is 5.91 Å². The predicted octanol–water partition coefficient (Wildman–Crippen LogP) is 4.28. The fourth-order valence-corrected chi connectivity index (χ4v) is 2.23. The molecule has 3 rings (SSSR count). The van der Waals surface area contributed by atoms with E-state index in [9.17, 15) is 4.79 Å². The summed E-state index contributed by atoms with van der Waals surface area (Å²) in [5.74, 6) is 0.682. The van der Waals surface area contributed by atoms with Crippen LogP contribution in [0.1, 0.15) is 16.3 Å². The van der Waals surface area contributed by atoms with Crippen LogP contribution in [0.5, 0.6) is 0 Å². The van der Waals surface area contributed by atoms with Gasteiger partial charge in [0.1, 0.15) is 5.76 Å². The third-order valence-electron chi connectivity index (χ3n) is 3.05. The van der Waals surface area contributed by atoms with Gasteiger partial charge in [-0.2, -0.15) is 0 Å². The van der Waals surface area contributed by atoms with Crippen molar-refractivity contribution in [3.05, 3.63) is 71.4 Å². The highest BCUT2D eigenvalue weighted by atomic mass is 35.5.